The lowest BCUT2D eigenvalue weighted by Crippen LogP contribution is -2.24. The van der Waals surface area contributed by atoms with Crippen LogP contribution in [0, 0.1) is 0 Å². The lowest BCUT2D eigenvalue weighted by molar-refractivity contribution is -0.120. The molecule has 1 fully saturated rings. The van der Waals surface area contributed by atoms with Crippen molar-refractivity contribution in [3.63, 3.8) is 0 Å². The predicted molar refractivity (Wildman–Crippen MR) is 79.8 cm³/mol. The van der Waals surface area contributed by atoms with E-state index < -0.39 is 0 Å². The van der Waals surface area contributed by atoms with Crippen molar-refractivity contribution < 1.29 is 14.4 Å². The maximum absolute atomic E-state index is 12.0. The highest BCUT2D eigenvalue weighted by Crippen LogP contribution is 2.41. The Labute approximate surface area is 130 Å². The van der Waals surface area contributed by atoms with Crippen LogP contribution in [0.1, 0.15) is 35.6 Å². The molecule has 2 N–H and O–H groups in total. The van der Waals surface area contributed by atoms with E-state index in [-0.39, 0.29) is 18.1 Å². The first-order chi connectivity index (χ1) is 10.1. The van der Waals surface area contributed by atoms with Crippen molar-refractivity contribution in [2.75, 3.05) is 0 Å². The molecule has 0 bridgehead atoms. The second-order valence-electron chi connectivity index (χ2n) is 5.26. The van der Waals surface area contributed by atoms with Crippen LogP contribution in [0.3, 0.4) is 0 Å². The molecule has 1 amide bonds. The number of aromatic hydroxyl groups is 1. The van der Waals surface area contributed by atoms with Gasteiger partial charge in [-0.25, -0.2) is 0 Å². The number of halogens is 1. The summed E-state index contributed by atoms with van der Waals surface area (Å²) in [7, 11) is 0. The highest BCUT2D eigenvalue weighted by atomic mass is 79.9. The number of aromatic nitrogens is 1. The molecule has 5 nitrogen and oxygen atoms in total. The van der Waals surface area contributed by atoms with Gasteiger partial charge in [-0.3, -0.25) is 4.79 Å². The number of nitrogens with one attached hydrogen (secondary N) is 1. The quantitative estimate of drug-likeness (QED) is 0.869. The third-order valence-electron chi connectivity index (χ3n) is 3.41. The molecule has 21 heavy (non-hydrogen) atoms. The van der Waals surface area contributed by atoms with Crippen LogP contribution in [-0.2, 0) is 17.8 Å². The van der Waals surface area contributed by atoms with E-state index in [1.807, 2.05) is 6.07 Å². The Morgan fingerprint density at radius 3 is 2.95 bits per heavy atom. The van der Waals surface area contributed by atoms with Crippen LogP contribution in [-0.4, -0.2) is 16.2 Å². The molecule has 1 saturated carbocycles. The Kier molecular flexibility index (Phi) is 3.96. The number of nitrogens with zero attached hydrogens (tertiary/aromatic N) is 1. The van der Waals surface area contributed by atoms with Crippen LogP contribution >= 0.6 is 15.9 Å². The van der Waals surface area contributed by atoms with E-state index in [1.54, 1.807) is 18.3 Å². The average molecular weight is 351 g/mol. The minimum atomic E-state index is -0.101. The number of carbonyl (C=O) groups excluding carboxylic acids is 1. The van der Waals surface area contributed by atoms with Gasteiger partial charge in [0.05, 0.1) is 12.6 Å². The summed E-state index contributed by atoms with van der Waals surface area (Å²) in [5, 5.41) is 16.2. The van der Waals surface area contributed by atoms with Gasteiger partial charge < -0.3 is 14.9 Å². The fourth-order valence-corrected chi connectivity index (χ4v) is 2.79. The zero-order chi connectivity index (χ0) is 14.8. The number of phenolic OH excluding ortho intramolecular Hbond substituents is 1. The Balaban J connectivity index is 1.57. The zero-order valence-corrected chi connectivity index (χ0v) is 12.9. The molecular formula is C15H15BrN2O3. The molecule has 6 heteroatoms. The van der Waals surface area contributed by atoms with Gasteiger partial charge in [0.2, 0.25) is 5.91 Å². The largest absolute Gasteiger partial charge is 0.508 e. The van der Waals surface area contributed by atoms with Gasteiger partial charge >= 0.3 is 0 Å². The second kappa shape index (κ2) is 5.89. The number of amides is 1. The molecule has 0 saturated heterocycles. The average Bonchev–Trinajstić information content (AvgIpc) is 3.14. The standard InChI is InChI=1S/C15H15BrN2O3/c16-12-3-9(4-13(19)6-12)5-14(20)17-7-11-8-18-21-15(11)10-1-2-10/h3-4,6,8,10,19H,1-2,5,7H2,(H,17,20). The van der Waals surface area contributed by atoms with Crippen molar-refractivity contribution in [3.8, 4) is 5.75 Å². The number of hydrogen-bond acceptors (Lipinski definition) is 4. The SMILES string of the molecule is O=C(Cc1cc(O)cc(Br)c1)NCc1cnoc1C1CC1. The summed E-state index contributed by atoms with van der Waals surface area (Å²) < 4.78 is 5.98. The van der Waals surface area contributed by atoms with Gasteiger partial charge in [0, 0.05) is 22.5 Å². The molecule has 110 valence electrons. The normalized spacial score (nSPS) is 14.1. The minimum Gasteiger partial charge on any atom is -0.508 e. The summed E-state index contributed by atoms with van der Waals surface area (Å²) in [4.78, 5) is 12.0. The van der Waals surface area contributed by atoms with Crippen molar-refractivity contribution in [2.45, 2.75) is 31.7 Å². The van der Waals surface area contributed by atoms with Gasteiger partial charge in [-0.05, 0) is 36.6 Å². The molecule has 0 spiro atoms. The fourth-order valence-electron chi connectivity index (χ4n) is 2.26. The van der Waals surface area contributed by atoms with Crippen LogP contribution in [0.25, 0.3) is 0 Å². The maximum Gasteiger partial charge on any atom is 0.224 e. The van der Waals surface area contributed by atoms with Gasteiger partial charge in [0.1, 0.15) is 11.5 Å². The van der Waals surface area contributed by atoms with Crippen LogP contribution in [0.5, 0.6) is 5.75 Å². The van der Waals surface area contributed by atoms with Gasteiger partial charge in [0.25, 0.3) is 0 Å². The fraction of sp³-hybridized carbons (Fsp3) is 0.333. The lowest BCUT2D eigenvalue weighted by atomic mass is 10.1. The topological polar surface area (TPSA) is 75.4 Å². The highest BCUT2D eigenvalue weighted by molar-refractivity contribution is 9.10. The third kappa shape index (κ3) is 3.64. The summed E-state index contributed by atoms with van der Waals surface area (Å²) in [5.41, 5.74) is 1.70. The number of carbonyl (C=O) groups is 1. The smallest absolute Gasteiger partial charge is 0.224 e. The summed E-state index contributed by atoms with van der Waals surface area (Å²) in [6.07, 6.45) is 4.15. The van der Waals surface area contributed by atoms with E-state index in [2.05, 4.69) is 26.4 Å². The molecule has 1 aromatic carbocycles. The molecule has 0 aliphatic heterocycles. The van der Waals surface area contributed by atoms with Gasteiger partial charge in [-0.1, -0.05) is 21.1 Å². The summed E-state index contributed by atoms with van der Waals surface area (Å²) in [6, 6.07) is 4.98. The molecule has 1 aliphatic carbocycles. The maximum atomic E-state index is 12.0. The molecule has 1 heterocycles. The first kappa shape index (κ1) is 14.1. The summed E-state index contributed by atoms with van der Waals surface area (Å²) >= 11 is 3.29. The molecule has 1 aromatic heterocycles. The Hall–Kier alpha value is -1.82. The Bertz CT molecular complexity index is 644. The number of rotatable bonds is 5. The first-order valence-electron chi connectivity index (χ1n) is 6.80. The van der Waals surface area contributed by atoms with E-state index in [4.69, 9.17) is 4.52 Å². The summed E-state index contributed by atoms with van der Waals surface area (Å²) in [6.45, 7) is 0.425. The molecular weight excluding hydrogens is 336 g/mol. The summed E-state index contributed by atoms with van der Waals surface area (Å²) in [5.74, 6) is 1.41. The van der Waals surface area contributed by atoms with Crippen LogP contribution < -0.4 is 5.32 Å². The molecule has 0 unspecified atom stereocenters. The number of hydrogen-bond donors (Lipinski definition) is 2. The van der Waals surface area contributed by atoms with E-state index in [1.165, 1.54) is 0 Å². The van der Waals surface area contributed by atoms with Crippen molar-refractivity contribution in [1.82, 2.24) is 10.5 Å². The Morgan fingerprint density at radius 2 is 2.24 bits per heavy atom. The van der Waals surface area contributed by atoms with E-state index >= 15 is 0 Å². The molecule has 2 aromatic rings. The molecule has 0 atom stereocenters. The second-order valence-corrected chi connectivity index (χ2v) is 6.18. The minimum absolute atomic E-state index is 0.101. The van der Waals surface area contributed by atoms with Crippen molar-refractivity contribution in [3.05, 3.63) is 45.8 Å². The number of phenols is 1. The number of benzene rings is 1. The van der Waals surface area contributed by atoms with Crippen molar-refractivity contribution in [1.29, 1.82) is 0 Å². The van der Waals surface area contributed by atoms with E-state index in [9.17, 15) is 9.90 Å². The van der Waals surface area contributed by atoms with Gasteiger partial charge in [0.15, 0.2) is 0 Å². The monoisotopic (exact) mass is 350 g/mol. The van der Waals surface area contributed by atoms with Crippen LogP contribution in [0.15, 0.2) is 33.4 Å². The van der Waals surface area contributed by atoms with Gasteiger partial charge in [-0.15, -0.1) is 0 Å². The van der Waals surface area contributed by atoms with E-state index in [0.717, 1.165) is 34.2 Å². The van der Waals surface area contributed by atoms with Crippen molar-refractivity contribution >= 4 is 21.8 Å². The lowest BCUT2D eigenvalue weighted by Gasteiger charge is -2.06. The molecule has 3 rings (SSSR count). The molecule has 0 radical (unpaired) electrons. The van der Waals surface area contributed by atoms with Crippen LogP contribution in [0.2, 0.25) is 0 Å². The van der Waals surface area contributed by atoms with Crippen LogP contribution in [0.4, 0.5) is 0 Å². The first-order valence-corrected chi connectivity index (χ1v) is 7.59. The van der Waals surface area contributed by atoms with Crippen molar-refractivity contribution in [2.24, 2.45) is 0 Å². The molecule has 1 aliphatic rings. The Morgan fingerprint density at radius 1 is 1.43 bits per heavy atom. The highest BCUT2D eigenvalue weighted by Gasteiger charge is 2.30. The van der Waals surface area contributed by atoms with E-state index in [0.29, 0.717) is 12.5 Å². The predicted octanol–water partition coefficient (Wildman–Crippen LogP) is 2.88. The third-order valence-corrected chi connectivity index (χ3v) is 3.87. The zero-order valence-electron chi connectivity index (χ0n) is 11.3. The van der Waals surface area contributed by atoms with Gasteiger partial charge in [-0.2, -0.15) is 0 Å².